The van der Waals surface area contributed by atoms with Crippen LogP contribution in [0, 0.1) is 10.1 Å². The zero-order valence-corrected chi connectivity index (χ0v) is 12.6. The molecule has 9 heteroatoms. The van der Waals surface area contributed by atoms with Crippen LogP contribution in [0.3, 0.4) is 0 Å². The van der Waals surface area contributed by atoms with Crippen molar-refractivity contribution in [3.63, 3.8) is 0 Å². The maximum Gasteiger partial charge on any atom is 0.273 e. The third kappa shape index (κ3) is 3.88. The summed E-state index contributed by atoms with van der Waals surface area (Å²) >= 11 is 1.43. The van der Waals surface area contributed by atoms with Gasteiger partial charge in [-0.2, -0.15) is 0 Å². The van der Waals surface area contributed by atoms with Crippen LogP contribution in [0.4, 0.5) is 11.4 Å². The molecule has 1 aliphatic rings. The Bertz CT molecular complexity index is 607. The van der Waals surface area contributed by atoms with E-state index in [2.05, 4.69) is 10.6 Å². The molecule has 0 spiro atoms. The summed E-state index contributed by atoms with van der Waals surface area (Å²) in [7, 11) is 1.36. The van der Waals surface area contributed by atoms with Crippen molar-refractivity contribution in [2.45, 2.75) is 11.7 Å². The van der Waals surface area contributed by atoms with Gasteiger partial charge in [0.25, 0.3) is 5.69 Å². The summed E-state index contributed by atoms with van der Waals surface area (Å²) in [5.41, 5.74) is 0.205. The molecule has 2 amide bonds. The number of nitrogens with one attached hydrogen (secondary N) is 2. The van der Waals surface area contributed by atoms with E-state index in [1.807, 2.05) is 0 Å². The van der Waals surface area contributed by atoms with E-state index in [1.54, 1.807) is 0 Å². The number of carbonyl (C=O) groups excluding carboxylic acids is 2. The highest BCUT2D eigenvalue weighted by atomic mass is 32.2. The molecule has 0 radical (unpaired) electrons. The van der Waals surface area contributed by atoms with E-state index >= 15 is 0 Å². The number of benzene rings is 1. The molecule has 1 fully saturated rings. The van der Waals surface area contributed by atoms with Gasteiger partial charge >= 0.3 is 0 Å². The number of rotatable bonds is 5. The first kappa shape index (κ1) is 16.1. The van der Waals surface area contributed by atoms with Gasteiger partial charge in [-0.3, -0.25) is 19.7 Å². The minimum absolute atomic E-state index is 0.0383. The van der Waals surface area contributed by atoms with Crippen molar-refractivity contribution in [2.24, 2.45) is 0 Å². The first-order chi connectivity index (χ1) is 10.5. The minimum atomic E-state index is -0.545. The largest absolute Gasteiger partial charge is 0.494 e. The third-order valence-electron chi connectivity index (χ3n) is 3.05. The van der Waals surface area contributed by atoms with Gasteiger partial charge in [0.15, 0.2) is 0 Å². The SMILES string of the molecule is COc1cc([N+](=O)[O-])ccc1NC(=O)C[C@H]1SCCNC1=O. The van der Waals surface area contributed by atoms with Gasteiger partial charge in [-0.25, -0.2) is 0 Å². The number of thioether (sulfide) groups is 1. The minimum Gasteiger partial charge on any atom is -0.494 e. The van der Waals surface area contributed by atoms with Crippen LogP contribution in [-0.2, 0) is 9.59 Å². The van der Waals surface area contributed by atoms with Crippen molar-refractivity contribution in [1.29, 1.82) is 0 Å². The lowest BCUT2D eigenvalue weighted by Crippen LogP contribution is -2.40. The summed E-state index contributed by atoms with van der Waals surface area (Å²) in [5.74, 6) is 0.469. The second-order valence-corrected chi connectivity index (χ2v) is 5.86. The Morgan fingerprint density at radius 2 is 2.36 bits per heavy atom. The highest BCUT2D eigenvalue weighted by Crippen LogP contribution is 2.29. The van der Waals surface area contributed by atoms with Crippen LogP contribution in [0.2, 0.25) is 0 Å². The summed E-state index contributed by atoms with van der Waals surface area (Å²) in [5, 5.41) is 15.6. The van der Waals surface area contributed by atoms with Crippen molar-refractivity contribution >= 4 is 35.0 Å². The highest BCUT2D eigenvalue weighted by molar-refractivity contribution is 8.00. The molecule has 0 aliphatic carbocycles. The van der Waals surface area contributed by atoms with E-state index in [1.165, 1.54) is 37.1 Å². The molecule has 1 aromatic rings. The first-order valence-electron chi connectivity index (χ1n) is 6.53. The van der Waals surface area contributed by atoms with Crippen LogP contribution in [0.15, 0.2) is 18.2 Å². The third-order valence-corrected chi connectivity index (χ3v) is 4.28. The van der Waals surface area contributed by atoms with E-state index in [-0.39, 0.29) is 29.7 Å². The van der Waals surface area contributed by atoms with Crippen LogP contribution >= 0.6 is 11.8 Å². The number of anilines is 1. The Hall–Kier alpha value is -2.29. The molecule has 1 heterocycles. The Labute approximate surface area is 130 Å². The number of carbonyl (C=O) groups is 2. The zero-order valence-electron chi connectivity index (χ0n) is 11.8. The molecule has 1 aliphatic heterocycles. The number of nitro groups is 1. The smallest absolute Gasteiger partial charge is 0.273 e. The van der Waals surface area contributed by atoms with Crippen LogP contribution in [0.5, 0.6) is 5.75 Å². The number of hydrogen-bond donors (Lipinski definition) is 2. The molecule has 1 saturated heterocycles. The van der Waals surface area contributed by atoms with Crippen LogP contribution < -0.4 is 15.4 Å². The van der Waals surface area contributed by atoms with Gasteiger partial charge in [0, 0.05) is 24.8 Å². The Kier molecular flexibility index (Phi) is 5.21. The lowest BCUT2D eigenvalue weighted by Gasteiger charge is -2.21. The topological polar surface area (TPSA) is 111 Å². The maximum atomic E-state index is 12.0. The molecule has 0 saturated carbocycles. The highest BCUT2D eigenvalue weighted by Gasteiger charge is 2.25. The van der Waals surface area contributed by atoms with Crippen LogP contribution in [0.1, 0.15) is 6.42 Å². The molecular formula is C13H15N3O5S. The Morgan fingerprint density at radius 1 is 1.59 bits per heavy atom. The van der Waals surface area contributed by atoms with Crippen molar-refractivity contribution in [2.75, 3.05) is 24.7 Å². The number of hydrogen-bond acceptors (Lipinski definition) is 6. The van der Waals surface area contributed by atoms with Crippen molar-refractivity contribution in [1.82, 2.24) is 5.32 Å². The van der Waals surface area contributed by atoms with Gasteiger partial charge in [-0.15, -0.1) is 11.8 Å². The van der Waals surface area contributed by atoms with Gasteiger partial charge in [-0.1, -0.05) is 0 Å². The van der Waals surface area contributed by atoms with E-state index in [4.69, 9.17) is 4.74 Å². The zero-order chi connectivity index (χ0) is 16.1. The van der Waals surface area contributed by atoms with Gasteiger partial charge in [-0.05, 0) is 6.07 Å². The van der Waals surface area contributed by atoms with Gasteiger partial charge in [0.05, 0.1) is 29.0 Å². The fraction of sp³-hybridized carbons (Fsp3) is 0.385. The monoisotopic (exact) mass is 325 g/mol. The molecule has 2 N–H and O–H groups in total. The van der Waals surface area contributed by atoms with Crippen molar-refractivity contribution < 1.29 is 19.2 Å². The first-order valence-corrected chi connectivity index (χ1v) is 7.57. The van der Waals surface area contributed by atoms with E-state index < -0.39 is 10.2 Å². The molecule has 2 rings (SSSR count). The average Bonchev–Trinajstić information content (AvgIpc) is 2.49. The Balaban J connectivity index is 2.04. The quantitative estimate of drug-likeness (QED) is 0.621. The lowest BCUT2D eigenvalue weighted by molar-refractivity contribution is -0.384. The molecule has 0 unspecified atom stereocenters. The summed E-state index contributed by atoms with van der Waals surface area (Å²) in [4.78, 5) is 33.8. The number of ether oxygens (including phenoxy) is 1. The number of non-ortho nitro benzene ring substituents is 1. The number of methoxy groups -OCH3 is 1. The van der Waals surface area contributed by atoms with Crippen LogP contribution in [0.25, 0.3) is 0 Å². The van der Waals surface area contributed by atoms with Gasteiger partial charge in [0.2, 0.25) is 11.8 Å². The fourth-order valence-electron chi connectivity index (χ4n) is 1.98. The van der Waals surface area contributed by atoms with E-state index in [0.717, 1.165) is 5.75 Å². The molecule has 118 valence electrons. The Morgan fingerprint density at radius 3 is 3.00 bits per heavy atom. The summed E-state index contributed by atoms with van der Waals surface area (Å²) in [6.07, 6.45) is 0.0383. The molecule has 1 atom stereocenters. The second-order valence-electron chi connectivity index (χ2n) is 4.54. The summed E-state index contributed by atoms with van der Waals surface area (Å²) in [6, 6.07) is 3.92. The molecule has 0 aromatic heterocycles. The predicted molar refractivity (Wildman–Crippen MR) is 82.2 cm³/mol. The number of amides is 2. The molecule has 8 nitrogen and oxygen atoms in total. The van der Waals surface area contributed by atoms with Gasteiger partial charge in [0.1, 0.15) is 5.75 Å². The van der Waals surface area contributed by atoms with Crippen molar-refractivity contribution in [3.05, 3.63) is 28.3 Å². The maximum absolute atomic E-state index is 12.0. The number of nitrogens with zero attached hydrogens (tertiary/aromatic N) is 1. The molecule has 22 heavy (non-hydrogen) atoms. The van der Waals surface area contributed by atoms with Gasteiger partial charge < -0.3 is 15.4 Å². The predicted octanol–water partition coefficient (Wildman–Crippen LogP) is 1.16. The van der Waals surface area contributed by atoms with Crippen molar-refractivity contribution in [3.8, 4) is 5.75 Å². The van der Waals surface area contributed by atoms with E-state index in [9.17, 15) is 19.7 Å². The van der Waals surface area contributed by atoms with E-state index in [0.29, 0.717) is 12.2 Å². The van der Waals surface area contributed by atoms with Crippen LogP contribution in [-0.4, -0.2) is 41.4 Å². The summed E-state index contributed by atoms with van der Waals surface area (Å²) in [6.45, 7) is 0.609. The molecule has 0 bridgehead atoms. The molecule has 1 aromatic carbocycles. The summed E-state index contributed by atoms with van der Waals surface area (Å²) < 4.78 is 5.04. The molecular weight excluding hydrogens is 310 g/mol. The fourth-order valence-corrected chi connectivity index (χ4v) is 2.99. The standard InChI is InChI=1S/C13H15N3O5S/c1-21-10-6-8(16(19)20)2-3-9(10)15-12(17)7-11-13(18)14-4-5-22-11/h2-3,6,11H,4-5,7H2,1H3,(H,14,18)(H,15,17)/t11-/m1/s1. The number of nitro benzene ring substituents is 1. The lowest BCUT2D eigenvalue weighted by atomic mass is 10.2. The normalized spacial score (nSPS) is 17.5. The second kappa shape index (κ2) is 7.12. The average molecular weight is 325 g/mol.